The summed E-state index contributed by atoms with van der Waals surface area (Å²) in [6.07, 6.45) is 0. The summed E-state index contributed by atoms with van der Waals surface area (Å²) >= 11 is 0. The molecule has 0 aromatic heterocycles. The number of carbonyl (C=O) groups excluding carboxylic acids is 2. The van der Waals surface area contributed by atoms with Crippen molar-refractivity contribution >= 4 is 28.8 Å². The molecule has 0 fully saturated rings. The molecule has 1 aliphatic heterocycles. The van der Waals surface area contributed by atoms with E-state index in [0.717, 1.165) is 11.3 Å². The summed E-state index contributed by atoms with van der Waals surface area (Å²) in [6.45, 7) is 4.43. The molecule has 150 valence electrons. The predicted molar refractivity (Wildman–Crippen MR) is 118 cm³/mol. The Morgan fingerprint density at radius 1 is 0.867 bits per heavy atom. The van der Waals surface area contributed by atoms with Gasteiger partial charge in [0.05, 0.1) is 17.9 Å². The standard InChI is InChI=1S/C25H22N2O3/c1-3-30-21-14-12-19(13-15-21)26-23-22(18-9-5-4-6-10-18)24(28)27(25(23)29)20-11-7-8-17(2)16-20/h4-16,26H,3H2,1-2H3. The van der Waals surface area contributed by atoms with Crippen LogP contribution in [0.4, 0.5) is 11.4 Å². The lowest BCUT2D eigenvalue weighted by atomic mass is 10.0. The second kappa shape index (κ2) is 8.25. The lowest BCUT2D eigenvalue weighted by molar-refractivity contribution is -0.120. The molecule has 0 aliphatic carbocycles. The third kappa shape index (κ3) is 3.70. The zero-order chi connectivity index (χ0) is 21.1. The highest BCUT2D eigenvalue weighted by Crippen LogP contribution is 2.34. The molecule has 5 heteroatoms. The first-order valence-electron chi connectivity index (χ1n) is 9.83. The molecular formula is C25H22N2O3. The van der Waals surface area contributed by atoms with E-state index in [1.54, 1.807) is 6.07 Å². The van der Waals surface area contributed by atoms with Crippen LogP contribution in [-0.4, -0.2) is 18.4 Å². The number of nitrogens with one attached hydrogen (secondary N) is 1. The van der Waals surface area contributed by atoms with Gasteiger partial charge >= 0.3 is 0 Å². The first-order valence-corrected chi connectivity index (χ1v) is 9.83. The number of anilines is 2. The van der Waals surface area contributed by atoms with E-state index >= 15 is 0 Å². The third-order valence-electron chi connectivity index (χ3n) is 4.84. The van der Waals surface area contributed by atoms with Gasteiger partial charge in [0.2, 0.25) is 0 Å². The second-order valence-electron chi connectivity index (χ2n) is 6.98. The molecule has 1 heterocycles. The number of benzene rings is 3. The average Bonchev–Trinajstić information content (AvgIpc) is 3.00. The Labute approximate surface area is 175 Å². The summed E-state index contributed by atoms with van der Waals surface area (Å²) in [7, 11) is 0. The van der Waals surface area contributed by atoms with Crippen LogP contribution in [0.5, 0.6) is 5.75 Å². The molecule has 1 aliphatic rings. The van der Waals surface area contributed by atoms with Crippen molar-refractivity contribution in [3.63, 3.8) is 0 Å². The SMILES string of the molecule is CCOc1ccc(NC2=C(c3ccccc3)C(=O)N(c3cccc(C)c3)C2=O)cc1. The summed E-state index contributed by atoms with van der Waals surface area (Å²) in [5.41, 5.74) is 3.55. The summed E-state index contributed by atoms with van der Waals surface area (Å²) in [6, 6.07) is 23.9. The minimum Gasteiger partial charge on any atom is -0.494 e. The van der Waals surface area contributed by atoms with Gasteiger partial charge in [0.25, 0.3) is 11.8 Å². The number of aryl methyl sites for hydroxylation is 1. The van der Waals surface area contributed by atoms with E-state index in [0.29, 0.717) is 29.1 Å². The topological polar surface area (TPSA) is 58.6 Å². The number of ether oxygens (including phenoxy) is 1. The maximum Gasteiger partial charge on any atom is 0.282 e. The Balaban J connectivity index is 1.75. The van der Waals surface area contributed by atoms with Crippen LogP contribution in [0.2, 0.25) is 0 Å². The molecule has 2 amide bonds. The molecule has 0 saturated carbocycles. The zero-order valence-corrected chi connectivity index (χ0v) is 16.9. The Kier molecular flexibility index (Phi) is 5.35. The van der Waals surface area contributed by atoms with E-state index in [1.165, 1.54) is 4.90 Å². The molecule has 0 bridgehead atoms. The summed E-state index contributed by atoms with van der Waals surface area (Å²) in [4.78, 5) is 27.9. The molecule has 0 radical (unpaired) electrons. The van der Waals surface area contributed by atoms with Crippen molar-refractivity contribution in [1.82, 2.24) is 0 Å². The van der Waals surface area contributed by atoms with E-state index in [1.807, 2.05) is 86.6 Å². The van der Waals surface area contributed by atoms with Crippen LogP contribution < -0.4 is 15.0 Å². The van der Waals surface area contributed by atoms with Crippen molar-refractivity contribution in [3.8, 4) is 5.75 Å². The van der Waals surface area contributed by atoms with Crippen LogP contribution in [0.15, 0.2) is 84.6 Å². The molecular weight excluding hydrogens is 376 g/mol. The molecule has 0 atom stereocenters. The Bertz CT molecular complexity index is 1120. The first kappa shape index (κ1) is 19.5. The van der Waals surface area contributed by atoms with E-state index in [4.69, 9.17) is 4.74 Å². The van der Waals surface area contributed by atoms with Crippen LogP contribution in [0.3, 0.4) is 0 Å². The number of rotatable bonds is 6. The van der Waals surface area contributed by atoms with Gasteiger partial charge in [0.1, 0.15) is 11.4 Å². The number of hydrogen-bond acceptors (Lipinski definition) is 4. The monoisotopic (exact) mass is 398 g/mol. The van der Waals surface area contributed by atoms with E-state index in [9.17, 15) is 9.59 Å². The number of imide groups is 1. The maximum atomic E-state index is 13.4. The Morgan fingerprint density at radius 2 is 1.60 bits per heavy atom. The largest absolute Gasteiger partial charge is 0.494 e. The molecule has 0 spiro atoms. The van der Waals surface area contributed by atoms with Crippen LogP contribution in [0, 0.1) is 6.92 Å². The van der Waals surface area contributed by atoms with Crippen molar-refractivity contribution in [2.75, 3.05) is 16.8 Å². The molecule has 3 aromatic carbocycles. The first-order chi connectivity index (χ1) is 14.6. The van der Waals surface area contributed by atoms with Crippen molar-refractivity contribution < 1.29 is 14.3 Å². The van der Waals surface area contributed by atoms with Crippen LogP contribution in [0.25, 0.3) is 5.57 Å². The number of amides is 2. The zero-order valence-electron chi connectivity index (χ0n) is 16.9. The average molecular weight is 398 g/mol. The molecule has 0 unspecified atom stereocenters. The molecule has 30 heavy (non-hydrogen) atoms. The maximum absolute atomic E-state index is 13.4. The van der Waals surface area contributed by atoms with Crippen LogP contribution in [0.1, 0.15) is 18.1 Å². The summed E-state index contributed by atoms with van der Waals surface area (Å²) in [5.74, 6) is 0.0269. The number of hydrogen-bond donors (Lipinski definition) is 1. The van der Waals surface area contributed by atoms with Crippen molar-refractivity contribution in [3.05, 3.63) is 95.7 Å². The predicted octanol–water partition coefficient (Wildman–Crippen LogP) is 4.79. The highest BCUT2D eigenvalue weighted by Gasteiger charge is 2.40. The van der Waals surface area contributed by atoms with E-state index < -0.39 is 0 Å². The Morgan fingerprint density at radius 3 is 2.27 bits per heavy atom. The van der Waals surface area contributed by atoms with Crippen molar-refractivity contribution in [1.29, 1.82) is 0 Å². The lowest BCUT2D eigenvalue weighted by Crippen LogP contribution is -2.32. The van der Waals surface area contributed by atoms with Gasteiger partial charge < -0.3 is 10.1 Å². The molecule has 1 N–H and O–H groups in total. The second-order valence-corrected chi connectivity index (χ2v) is 6.98. The van der Waals surface area contributed by atoms with Gasteiger partial charge in [-0.2, -0.15) is 0 Å². The van der Waals surface area contributed by atoms with Gasteiger partial charge in [0.15, 0.2) is 0 Å². The van der Waals surface area contributed by atoms with Gasteiger partial charge in [-0.1, -0.05) is 42.5 Å². The third-order valence-corrected chi connectivity index (χ3v) is 4.84. The van der Waals surface area contributed by atoms with Gasteiger partial charge in [-0.25, -0.2) is 4.90 Å². The van der Waals surface area contributed by atoms with Gasteiger partial charge in [-0.15, -0.1) is 0 Å². The smallest absolute Gasteiger partial charge is 0.282 e. The fraction of sp³-hybridized carbons (Fsp3) is 0.120. The van der Waals surface area contributed by atoms with E-state index in [-0.39, 0.29) is 17.5 Å². The summed E-state index contributed by atoms with van der Waals surface area (Å²) in [5, 5.41) is 3.17. The molecule has 3 aromatic rings. The van der Waals surface area contributed by atoms with Crippen LogP contribution >= 0.6 is 0 Å². The highest BCUT2D eigenvalue weighted by molar-refractivity contribution is 6.46. The minimum atomic E-state index is -0.377. The number of carbonyl (C=O) groups is 2. The lowest BCUT2D eigenvalue weighted by Gasteiger charge is -2.16. The molecule has 4 rings (SSSR count). The van der Waals surface area contributed by atoms with Gasteiger partial charge in [-0.05, 0) is 61.4 Å². The van der Waals surface area contributed by atoms with Crippen molar-refractivity contribution in [2.45, 2.75) is 13.8 Å². The van der Waals surface area contributed by atoms with Crippen molar-refractivity contribution in [2.24, 2.45) is 0 Å². The summed E-state index contributed by atoms with van der Waals surface area (Å²) < 4.78 is 5.48. The fourth-order valence-electron chi connectivity index (χ4n) is 3.47. The quantitative estimate of drug-likeness (QED) is 0.607. The van der Waals surface area contributed by atoms with Gasteiger partial charge in [0, 0.05) is 5.69 Å². The Hall–Kier alpha value is -3.86. The van der Waals surface area contributed by atoms with Gasteiger partial charge in [-0.3, -0.25) is 9.59 Å². The highest BCUT2D eigenvalue weighted by atomic mass is 16.5. The fourth-order valence-corrected chi connectivity index (χ4v) is 3.47. The normalized spacial score (nSPS) is 13.7. The van der Waals surface area contributed by atoms with E-state index in [2.05, 4.69) is 5.32 Å². The number of nitrogens with zero attached hydrogens (tertiary/aromatic N) is 1. The molecule has 5 nitrogen and oxygen atoms in total. The minimum absolute atomic E-state index is 0.261. The van der Waals surface area contributed by atoms with Crippen LogP contribution in [-0.2, 0) is 9.59 Å². The molecule has 0 saturated heterocycles.